The van der Waals surface area contributed by atoms with Gasteiger partial charge >= 0.3 is 270 Å². The zero-order valence-corrected chi connectivity index (χ0v) is 29.6. The van der Waals surface area contributed by atoms with Gasteiger partial charge in [-0.05, 0) is 0 Å². The second-order valence-electron chi connectivity index (χ2n) is 12.8. The van der Waals surface area contributed by atoms with Crippen molar-refractivity contribution in [2.75, 3.05) is 0 Å². The molecule has 228 valence electrons. The van der Waals surface area contributed by atoms with Crippen molar-refractivity contribution in [3.05, 3.63) is 138 Å². The van der Waals surface area contributed by atoms with Crippen molar-refractivity contribution < 1.29 is 0 Å². The average Bonchev–Trinajstić information content (AvgIpc) is 3.07. The van der Waals surface area contributed by atoms with Gasteiger partial charge in [-0.1, -0.05) is 0 Å². The minimum absolute atomic E-state index is 1.24. The minimum atomic E-state index is -2.50. The van der Waals surface area contributed by atoms with E-state index >= 15 is 0 Å². The number of rotatable bonds is 22. The zero-order chi connectivity index (χ0) is 29.7. The maximum atomic E-state index is 2.54. The van der Waals surface area contributed by atoms with Crippen LogP contribution in [-0.2, 0) is 19.3 Å². The van der Waals surface area contributed by atoms with Crippen LogP contribution in [0, 0.1) is 0 Å². The van der Waals surface area contributed by atoms with Gasteiger partial charge in [-0.2, -0.15) is 0 Å². The Kier molecular flexibility index (Phi) is 16.1. The molecule has 0 unspecified atom stereocenters. The summed E-state index contributed by atoms with van der Waals surface area (Å²) in [5.74, 6) is 0. The Morgan fingerprint density at radius 3 is 0.884 bits per heavy atom. The summed E-state index contributed by atoms with van der Waals surface area (Å²) < 4.78 is 6.48. The van der Waals surface area contributed by atoms with Gasteiger partial charge in [-0.3, -0.25) is 0 Å². The van der Waals surface area contributed by atoms with Gasteiger partial charge in [-0.25, -0.2) is 0 Å². The molecule has 0 saturated carbocycles. The van der Waals surface area contributed by atoms with Gasteiger partial charge < -0.3 is 0 Å². The van der Waals surface area contributed by atoms with Gasteiger partial charge in [0.1, 0.15) is 0 Å². The van der Waals surface area contributed by atoms with Gasteiger partial charge in [0.05, 0.1) is 0 Å². The molecule has 0 aliphatic heterocycles. The Labute approximate surface area is 268 Å². The Morgan fingerprint density at radius 2 is 0.558 bits per heavy atom. The number of hydrogen-bond donors (Lipinski definition) is 0. The zero-order valence-electron chi connectivity index (χ0n) is 26.8. The number of hydrogen-bond acceptors (Lipinski definition) is 0. The van der Waals surface area contributed by atoms with Gasteiger partial charge in [0, 0.05) is 0 Å². The number of benzene rings is 4. The molecule has 0 saturated heterocycles. The molecule has 1 heteroatoms. The summed E-state index contributed by atoms with van der Waals surface area (Å²) in [6.45, 7) is 0. The van der Waals surface area contributed by atoms with Crippen LogP contribution in [0.4, 0.5) is 0 Å². The van der Waals surface area contributed by atoms with Crippen LogP contribution in [-0.4, -0.2) is 18.4 Å². The van der Waals surface area contributed by atoms with E-state index in [0.717, 1.165) is 0 Å². The number of aryl methyl sites for hydroxylation is 3. The molecule has 4 rings (SSSR count). The van der Waals surface area contributed by atoms with E-state index in [1.165, 1.54) is 113 Å². The van der Waals surface area contributed by atoms with Crippen LogP contribution in [0.25, 0.3) is 0 Å². The van der Waals surface area contributed by atoms with Crippen molar-refractivity contribution in [3.63, 3.8) is 0 Å². The molecule has 0 aliphatic carbocycles. The molecular weight excluding hydrogens is 623 g/mol. The Bertz CT molecular complexity index is 1080. The van der Waals surface area contributed by atoms with Gasteiger partial charge in [0.2, 0.25) is 0 Å². The summed E-state index contributed by atoms with van der Waals surface area (Å²) in [6.07, 6.45) is 20.4. The molecule has 4 aromatic rings. The van der Waals surface area contributed by atoms with E-state index in [1.54, 1.807) is 13.3 Å². The van der Waals surface area contributed by atoms with Crippen molar-refractivity contribution in [1.82, 2.24) is 0 Å². The Morgan fingerprint density at radius 1 is 0.279 bits per heavy atom. The Hall–Kier alpha value is -2.32. The van der Waals surface area contributed by atoms with Gasteiger partial charge in [0.25, 0.3) is 0 Å². The summed E-state index contributed by atoms with van der Waals surface area (Å²) in [4.78, 5) is 0. The van der Waals surface area contributed by atoms with E-state index < -0.39 is 18.4 Å². The molecule has 0 N–H and O–H groups in total. The van der Waals surface area contributed by atoms with Crippen LogP contribution in [0.5, 0.6) is 0 Å². The first-order valence-electron chi connectivity index (χ1n) is 17.5. The van der Waals surface area contributed by atoms with E-state index in [1.807, 2.05) is 3.58 Å². The molecule has 0 aliphatic rings. The van der Waals surface area contributed by atoms with Crippen molar-refractivity contribution in [1.29, 1.82) is 0 Å². The van der Waals surface area contributed by atoms with E-state index in [2.05, 4.69) is 121 Å². The van der Waals surface area contributed by atoms with Crippen molar-refractivity contribution >= 4 is 22.0 Å². The van der Waals surface area contributed by atoms with Crippen LogP contribution in [0.15, 0.2) is 121 Å². The van der Waals surface area contributed by atoms with Crippen molar-refractivity contribution in [2.24, 2.45) is 0 Å². The molecule has 0 atom stereocenters. The van der Waals surface area contributed by atoms with E-state index in [0.29, 0.717) is 0 Å². The molecule has 0 aromatic heterocycles. The van der Waals surface area contributed by atoms with E-state index in [9.17, 15) is 0 Å². The first-order chi connectivity index (χ1) is 21.3. The van der Waals surface area contributed by atoms with Crippen LogP contribution in [0.3, 0.4) is 0 Å². The summed E-state index contributed by atoms with van der Waals surface area (Å²) >= 11 is -2.50. The fourth-order valence-electron chi connectivity index (χ4n) is 6.97. The fourth-order valence-corrected chi connectivity index (χ4v) is 22.1. The standard InChI is InChI=1S/3C12H17.C6H5.Sn/c3*1-2-3-4-6-9-12-10-7-5-8-11-12;1-2-4-6-5-3-1;/h3*5,7-8,10-11H,1-4,6,9H2;1-5H;. The molecule has 43 heavy (non-hydrogen) atoms. The summed E-state index contributed by atoms with van der Waals surface area (Å²) in [5.41, 5.74) is 4.50. The van der Waals surface area contributed by atoms with Crippen LogP contribution in [0.1, 0.15) is 93.7 Å². The van der Waals surface area contributed by atoms with Crippen LogP contribution >= 0.6 is 0 Å². The quantitative estimate of drug-likeness (QED) is 0.0573. The molecule has 0 fully saturated rings. The monoisotopic (exact) mass is 680 g/mol. The van der Waals surface area contributed by atoms with Gasteiger partial charge in [0.15, 0.2) is 0 Å². The maximum absolute atomic E-state index is 2.54. The fraction of sp³-hybridized carbons (Fsp3) is 0.429. The average molecular weight is 680 g/mol. The van der Waals surface area contributed by atoms with E-state index in [4.69, 9.17) is 0 Å². The number of unbranched alkanes of at least 4 members (excludes halogenated alkanes) is 9. The van der Waals surface area contributed by atoms with Crippen molar-refractivity contribution in [2.45, 2.75) is 110 Å². The Balaban J connectivity index is 1.28. The first-order valence-corrected chi connectivity index (χ1v) is 25.0. The second kappa shape index (κ2) is 20.6. The molecule has 0 heterocycles. The van der Waals surface area contributed by atoms with Crippen LogP contribution in [0.2, 0.25) is 13.3 Å². The normalized spacial score (nSPS) is 11.5. The third-order valence-corrected chi connectivity index (χ3v) is 25.2. The molecule has 4 aromatic carbocycles. The third-order valence-electron chi connectivity index (χ3n) is 9.53. The van der Waals surface area contributed by atoms with Crippen molar-refractivity contribution in [3.8, 4) is 0 Å². The predicted molar refractivity (Wildman–Crippen MR) is 192 cm³/mol. The topological polar surface area (TPSA) is 0 Å². The molecule has 0 radical (unpaired) electrons. The predicted octanol–water partition coefficient (Wildman–Crippen LogP) is 11.8. The molecule has 0 nitrogen and oxygen atoms in total. The summed E-state index contributed by atoms with van der Waals surface area (Å²) in [7, 11) is 0. The summed E-state index contributed by atoms with van der Waals surface area (Å²) in [6, 6.07) is 45.2. The van der Waals surface area contributed by atoms with Gasteiger partial charge in [-0.15, -0.1) is 0 Å². The van der Waals surface area contributed by atoms with E-state index in [-0.39, 0.29) is 0 Å². The summed E-state index contributed by atoms with van der Waals surface area (Å²) in [5, 5.41) is 0. The van der Waals surface area contributed by atoms with Crippen LogP contribution < -0.4 is 3.58 Å². The SMILES string of the molecule is c1ccc(CCCCC[CH2][Sn]([CH2]CCCCCc2ccccc2)([CH2]CCCCCc2ccccc2)[c]2ccccc2)cc1. The molecule has 0 amide bonds. The molecule has 0 bridgehead atoms. The third kappa shape index (κ3) is 13.1. The molecule has 0 spiro atoms. The second-order valence-corrected chi connectivity index (χ2v) is 26.1. The first kappa shape index (κ1) is 33.6. The molecular formula is C42H56Sn.